The van der Waals surface area contributed by atoms with Gasteiger partial charge in [0.1, 0.15) is 0 Å². The van der Waals surface area contributed by atoms with Crippen LogP contribution in [-0.2, 0) is 0 Å². The lowest BCUT2D eigenvalue weighted by Crippen LogP contribution is -2.28. The highest BCUT2D eigenvalue weighted by molar-refractivity contribution is 8.00. The molecule has 33 heavy (non-hydrogen) atoms. The number of pyridine rings is 1. The normalized spacial score (nSPS) is 18.0. The van der Waals surface area contributed by atoms with Gasteiger partial charge in [0.25, 0.3) is 0 Å². The van der Waals surface area contributed by atoms with Crippen LogP contribution in [-0.4, -0.2) is 33.0 Å². The van der Waals surface area contributed by atoms with Gasteiger partial charge in [0.05, 0.1) is 17.1 Å². The fourth-order valence-electron chi connectivity index (χ4n) is 4.00. The zero-order valence-electron chi connectivity index (χ0n) is 18.3. The fourth-order valence-corrected chi connectivity index (χ4v) is 5.97. The molecule has 0 fully saturated rings. The van der Waals surface area contributed by atoms with Crippen molar-refractivity contribution < 1.29 is 9.90 Å². The topological polar surface area (TPSA) is 86.6 Å². The van der Waals surface area contributed by atoms with Crippen LogP contribution in [0.2, 0.25) is 0 Å². The number of hydrogen-bond acceptors (Lipinski definition) is 7. The average molecular weight is 477 g/mol. The maximum atomic E-state index is 11.8. The molecule has 0 spiro atoms. The van der Waals surface area contributed by atoms with Gasteiger partial charge in [-0.05, 0) is 41.8 Å². The molecule has 168 valence electrons. The highest BCUT2D eigenvalue weighted by atomic mass is 32.2. The fraction of sp³-hybridized carbons (Fsp3) is 0.240. The molecule has 0 saturated carbocycles. The predicted octanol–water partition coefficient (Wildman–Crippen LogP) is 5.86. The van der Waals surface area contributed by atoms with Crippen molar-refractivity contribution in [3.63, 3.8) is 0 Å². The van der Waals surface area contributed by atoms with Crippen LogP contribution in [0, 0.1) is 0 Å². The first-order chi connectivity index (χ1) is 16.0. The number of aromatic carboxylic acids is 1. The third-order valence-electron chi connectivity index (χ3n) is 5.67. The minimum absolute atomic E-state index is 0.0144. The second-order valence-corrected chi connectivity index (χ2v) is 10.5. The van der Waals surface area contributed by atoms with Crippen LogP contribution in [0.5, 0.6) is 0 Å². The molecule has 3 aromatic rings. The Labute approximate surface area is 201 Å². The van der Waals surface area contributed by atoms with Gasteiger partial charge >= 0.3 is 5.97 Å². The van der Waals surface area contributed by atoms with Crippen LogP contribution in [0.15, 0.2) is 69.5 Å². The van der Waals surface area contributed by atoms with Gasteiger partial charge in [-0.15, -0.1) is 11.8 Å². The number of nitrogens with one attached hydrogen (secondary N) is 2. The van der Waals surface area contributed by atoms with E-state index in [1.807, 2.05) is 55.9 Å². The molecule has 2 aliphatic rings. The minimum Gasteiger partial charge on any atom is -0.477 e. The van der Waals surface area contributed by atoms with Crippen LogP contribution in [0.3, 0.4) is 0 Å². The van der Waals surface area contributed by atoms with Crippen LogP contribution in [0.4, 0.5) is 5.69 Å². The number of fused-ring (bicyclic) bond motifs is 2. The zero-order valence-corrected chi connectivity index (χ0v) is 20.0. The lowest BCUT2D eigenvalue weighted by Gasteiger charge is -2.20. The Hall–Kier alpha value is -2.97. The number of para-hydroxylation sites is 1. The molecule has 0 amide bonds. The van der Waals surface area contributed by atoms with E-state index in [9.17, 15) is 9.90 Å². The molecule has 6 nitrogen and oxygen atoms in total. The smallest absolute Gasteiger partial charge is 0.354 e. The first kappa shape index (κ1) is 21.9. The third-order valence-corrected chi connectivity index (χ3v) is 7.81. The second kappa shape index (κ2) is 9.11. The number of nitrogens with zero attached hydrogens (tertiary/aromatic N) is 2. The van der Waals surface area contributed by atoms with Gasteiger partial charge in [-0.2, -0.15) is 5.10 Å². The van der Waals surface area contributed by atoms with Gasteiger partial charge in [0, 0.05) is 33.1 Å². The summed E-state index contributed by atoms with van der Waals surface area (Å²) in [6, 6.07) is 18.2. The van der Waals surface area contributed by atoms with E-state index in [0.717, 1.165) is 40.3 Å². The quantitative estimate of drug-likeness (QED) is 0.398. The summed E-state index contributed by atoms with van der Waals surface area (Å²) in [4.78, 5) is 18.7. The average Bonchev–Trinajstić information content (AvgIpc) is 3.25. The second-order valence-electron chi connectivity index (χ2n) is 8.23. The number of carboxylic acids is 1. The Morgan fingerprint density at radius 3 is 2.82 bits per heavy atom. The molecule has 0 saturated heterocycles. The molecule has 0 radical (unpaired) electrons. The summed E-state index contributed by atoms with van der Waals surface area (Å²) < 4.78 is 0. The molecule has 8 heteroatoms. The number of carboxylic acid groups (broad SMARTS) is 1. The predicted molar refractivity (Wildman–Crippen MR) is 135 cm³/mol. The summed E-state index contributed by atoms with van der Waals surface area (Å²) in [6.45, 7) is 3.95. The third kappa shape index (κ3) is 4.45. The zero-order chi connectivity index (χ0) is 22.9. The SMILES string of the molecule is CC(C)c1ccc(-c2ccc3c(c2)/C(=N/NC2Nc4ccccc4S2)CCS3)nc1C(=O)O. The Kier molecular flexibility index (Phi) is 6.03. The summed E-state index contributed by atoms with van der Waals surface area (Å²) in [5.74, 6) is 0.0710. The number of hydrazone groups is 1. The summed E-state index contributed by atoms with van der Waals surface area (Å²) in [5.41, 5.74) is 8.87. The summed E-state index contributed by atoms with van der Waals surface area (Å²) in [7, 11) is 0. The lowest BCUT2D eigenvalue weighted by molar-refractivity contribution is 0.0689. The van der Waals surface area contributed by atoms with Gasteiger partial charge in [-0.3, -0.25) is 5.43 Å². The van der Waals surface area contributed by atoms with Gasteiger partial charge in [0.15, 0.2) is 11.2 Å². The van der Waals surface area contributed by atoms with E-state index in [1.165, 1.54) is 9.79 Å². The van der Waals surface area contributed by atoms with E-state index >= 15 is 0 Å². The number of hydrogen-bond donors (Lipinski definition) is 3. The van der Waals surface area contributed by atoms with Crippen molar-refractivity contribution in [2.24, 2.45) is 5.10 Å². The van der Waals surface area contributed by atoms with E-state index in [0.29, 0.717) is 5.69 Å². The molecule has 2 aromatic carbocycles. The number of rotatable bonds is 5. The summed E-state index contributed by atoms with van der Waals surface area (Å²) in [5, 5.41) is 17.9. The van der Waals surface area contributed by atoms with E-state index in [1.54, 1.807) is 11.8 Å². The molecule has 1 aromatic heterocycles. The molecule has 2 aliphatic heterocycles. The first-order valence-electron chi connectivity index (χ1n) is 10.9. The highest BCUT2D eigenvalue weighted by Crippen LogP contribution is 2.37. The van der Waals surface area contributed by atoms with Crippen LogP contribution < -0.4 is 10.7 Å². The highest BCUT2D eigenvalue weighted by Gasteiger charge is 2.22. The van der Waals surface area contributed by atoms with Crippen molar-refractivity contribution in [1.29, 1.82) is 0 Å². The largest absolute Gasteiger partial charge is 0.477 e. The summed E-state index contributed by atoms with van der Waals surface area (Å²) in [6.07, 6.45) is 0.860. The maximum absolute atomic E-state index is 11.8. The molecule has 5 rings (SSSR count). The number of benzene rings is 2. The molecular formula is C25H24N4O2S2. The molecule has 0 bridgehead atoms. The first-order valence-corrected chi connectivity index (χ1v) is 12.7. The van der Waals surface area contributed by atoms with E-state index < -0.39 is 5.97 Å². The van der Waals surface area contributed by atoms with Gasteiger partial charge in [-0.1, -0.05) is 49.9 Å². The van der Waals surface area contributed by atoms with E-state index in [4.69, 9.17) is 5.10 Å². The number of thioether (sulfide) groups is 2. The van der Waals surface area contributed by atoms with Crippen molar-refractivity contribution in [3.05, 3.63) is 71.4 Å². The van der Waals surface area contributed by atoms with Crippen molar-refractivity contribution in [2.75, 3.05) is 11.1 Å². The van der Waals surface area contributed by atoms with Crippen molar-refractivity contribution in [3.8, 4) is 11.3 Å². The standard InChI is InChI=1S/C25H24N4O2S2/c1-14(2)16-8-9-18(26-23(16)24(30)31)15-7-10-21-17(13-15)19(11-12-32-21)28-29-25-27-20-5-3-4-6-22(20)33-25/h3-10,13-14,25,27,29H,11-12H2,1-2H3,(H,30,31)/b28-19+. The van der Waals surface area contributed by atoms with Crippen molar-refractivity contribution in [2.45, 2.75) is 41.5 Å². The Balaban J connectivity index is 1.43. The summed E-state index contributed by atoms with van der Waals surface area (Å²) >= 11 is 3.53. The minimum atomic E-state index is -0.997. The number of carbonyl (C=O) groups is 1. The van der Waals surface area contributed by atoms with Crippen molar-refractivity contribution in [1.82, 2.24) is 10.4 Å². The van der Waals surface area contributed by atoms with Gasteiger partial charge in [-0.25, -0.2) is 9.78 Å². The molecular weight excluding hydrogens is 452 g/mol. The van der Waals surface area contributed by atoms with Crippen LogP contribution >= 0.6 is 23.5 Å². The van der Waals surface area contributed by atoms with E-state index in [-0.39, 0.29) is 17.1 Å². The van der Waals surface area contributed by atoms with Gasteiger partial charge < -0.3 is 10.4 Å². The van der Waals surface area contributed by atoms with Crippen LogP contribution in [0.1, 0.15) is 47.8 Å². The van der Waals surface area contributed by atoms with Crippen LogP contribution in [0.25, 0.3) is 11.3 Å². The monoisotopic (exact) mass is 476 g/mol. The van der Waals surface area contributed by atoms with Gasteiger partial charge in [0.2, 0.25) is 0 Å². The molecule has 0 aliphatic carbocycles. The van der Waals surface area contributed by atoms with E-state index in [2.05, 4.69) is 40.0 Å². The Morgan fingerprint density at radius 2 is 2.03 bits per heavy atom. The number of anilines is 1. The number of aromatic nitrogens is 1. The lowest BCUT2D eigenvalue weighted by atomic mass is 9.98. The molecule has 3 heterocycles. The Morgan fingerprint density at radius 1 is 1.18 bits per heavy atom. The molecule has 3 N–H and O–H groups in total. The molecule has 1 unspecified atom stereocenters. The molecule has 1 atom stereocenters. The van der Waals surface area contributed by atoms with Crippen molar-refractivity contribution >= 4 is 40.9 Å². The Bertz CT molecular complexity index is 1230. The maximum Gasteiger partial charge on any atom is 0.354 e.